The van der Waals surface area contributed by atoms with Crippen LogP contribution in [0.1, 0.15) is 20.8 Å². The predicted molar refractivity (Wildman–Crippen MR) is 58.1 cm³/mol. The van der Waals surface area contributed by atoms with Gasteiger partial charge < -0.3 is 5.32 Å². The summed E-state index contributed by atoms with van der Waals surface area (Å²) in [6, 6.07) is 0. The molecule has 0 aromatic rings. The number of hydrogen-bond acceptors (Lipinski definition) is 2. The Morgan fingerprint density at radius 1 is 1.64 bits per heavy atom. The number of thioether (sulfide) groups is 1. The van der Waals surface area contributed by atoms with E-state index in [0.717, 1.165) is 10.1 Å². The second kappa shape index (κ2) is 4.78. The summed E-state index contributed by atoms with van der Waals surface area (Å²) in [5.41, 5.74) is 0.0747. The molecule has 11 heavy (non-hydrogen) atoms. The van der Waals surface area contributed by atoms with Crippen LogP contribution in [0.5, 0.6) is 0 Å². The van der Waals surface area contributed by atoms with Crippen LogP contribution >= 0.6 is 24.0 Å². The van der Waals surface area contributed by atoms with Gasteiger partial charge in [0.15, 0.2) is 0 Å². The van der Waals surface area contributed by atoms with E-state index < -0.39 is 0 Å². The van der Waals surface area contributed by atoms with Crippen LogP contribution < -0.4 is 5.32 Å². The Hall–Kier alpha value is -0.0200. The molecular formula is C8H15NS2. The zero-order valence-electron chi connectivity index (χ0n) is 7.31. The standard InChI is InChI=1S/C8H15NS2/c1-5-6-11-7(10)9-8(2,3)4/h5H,1,6H2,2-4H3,(H,9,10). The molecule has 0 fully saturated rings. The van der Waals surface area contributed by atoms with E-state index in [1.807, 2.05) is 6.08 Å². The van der Waals surface area contributed by atoms with Gasteiger partial charge in [0.1, 0.15) is 4.32 Å². The summed E-state index contributed by atoms with van der Waals surface area (Å²) in [6.07, 6.45) is 1.85. The lowest BCUT2D eigenvalue weighted by atomic mass is 10.1. The molecule has 0 aliphatic carbocycles. The van der Waals surface area contributed by atoms with Crippen molar-refractivity contribution in [1.29, 1.82) is 0 Å². The molecule has 1 nitrogen and oxygen atoms in total. The largest absolute Gasteiger partial charge is 0.366 e. The first kappa shape index (κ1) is 11.0. The maximum absolute atomic E-state index is 5.07. The van der Waals surface area contributed by atoms with Crippen molar-refractivity contribution < 1.29 is 0 Å². The predicted octanol–water partition coefficient (Wildman–Crippen LogP) is 2.58. The summed E-state index contributed by atoms with van der Waals surface area (Å²) in [4.78, 5) is 0. The molecule has 0 aliphatic heterocycles. The van der Waals surface area contributed by atoms with E-state index in [2.05, 4.69) is 32.7 Å². The van der Waals surface area contributed by atoms with Gasteiger partial charge in [-0.1, -0.05) is 30.1 Å². The molecule has 0 bridgehead atoms. The van der Waals surface area contributed by atoms with Crippen molar-refractivity contribution >= 4 is 28.3 Å². The van der Waals surface area contributed by atoms with Crippen LogP contribution in [0.25, 0.3) is 0 Å². The Morgan fingerprint density at radius 3 is 2.55 bits per heavy atom. The van der Waals surface area contributed by atoms with Crippen LogP contribution in [-0.2, 0) is 0 Å². The number of nitrogens with one attached hydrogen (secondary N) is 1. The first-order valence-electron chi connectivity index (χ1n) is 3.51. The van der Waals surface area contributed by atoms with Gasteiger partial charge in [0.25, 0.3) is 0 Å². The van der Waals surface area contributed by atoms with Crippen LogP contribution in [0, 0.1) is 0 Å². The van der Waals surface area contributed by atoms with Crippen LogP contribution in [0.2, 0.25) is 0 Å². The van der Waals surface area contributed by atoms with Crippen LogP contribution in [0.3, 0.4) is 0 Å². The molecule has 0 amide bonds. The Morgan fingerprint density at radius 2 is 2.18 bits per heavy atom. The van der Waals surface area contributed by atoms with Gasteiger partial charge in [0.2, 0.25) is 0 Å². The van der Waals surface area contributed by atoms with Crippen LogP contribution in [-0.4, -0.2) is 15.6 Å². The van der Waals surface area contributed by atoms with Crippen molar-refractivity contribution in [3.05, 3.63) is 12.7 Å². The van der Waals surface area contributed by atoms with E-state index in [0.29, 0.717) is 0 Å². The normalized spacial score (nSPS) is 10.8. The van der Waals surface area contributed by atoms with Gasteiger partial charge >= 0.3 is 0 Å². The van der Waals surface area contributed by atoms with Crippen molar-refractivity contribution in [3.8, 4) is 0 Å². The van der Waals surface area contributed by atoms with Gasteiger partial charge in [-0.15, -0.1) is 6.58 Å². The zero-order valence-corrected chi connectivity index (χ0v) is 8.94. The minimum Gasteiger partial charge on any atom is -0.366 e. The molecule has 0 radical (unpaired) electrons. The minimum absolute atomic E-state index is 0.0747. The quantitative estimate of drug-likeness (QED) is 0.530. The van der Waals surface area contributed by atoms with Gasteiger partial charge in [-0.3, -0.25) is 0 Å². The SMILES string of the molecule is C=CCSC(=S)NC(C)(C)C. The highest BCUT2D eigenvalue weighted by molar-refractivity contribution is 8.23. The van der Waals surface area contributed by atoms with Crippen molar-refractivity contribution in [2.24, 2.45) is 0 Å². The molecule has 0 spiro atoms. The lowest BCUT2D eigenvalue weighted by Gasteiger charge is -2.21. The second-order valence-electron chi connectivity index (χ2n) is 3.26. The van der Waals surface area contributed by atoms with Crippen molar-refractivity contribution in [1.82, 2.24) is 5.32 Å². The van der Waals surface area contributed by atoms with Crippen LogP contribution in [0.4, 0.5) is 0 Å². The Labute approximate surface area is 78.6 Å². The molecule has 3 heteroatoms. The summed E-state index contributed by atoms with van der Waals surface area (Å²) >= 11 is 6.68. The van der Waals surface area contributed by atoms with E-state index in [4.69, 9.17) is 12.2 Å². The summed E-state index contributed by atoms with van der Waals surface area (Å²) in [6.45, 7) is 9.89. The Bertz CT molecular complexity index is 147. The highest BCUT2D eigenvalue weighted by Gasteiger charge is 2.10. The molecule has 1 N–H and O–H groups in total. The summed E-state index contributed by atoms with van der Waals surface area (Å²) < 4.78 is 0.845. The molecule has 0 aromatic carbocycles. The average molecular weight is 189 g/mol. The lowest BCUT2D eigenvalue weighted by Crippen LogP contribution is -2.38. The maximum atomic E-state index is 5.07. The topological polar surface area (TPSA) is 12.0 Å². The molecule has 0 saturated carbocycles. The average Bonchev–Trinajstić information content (AvgIpc) is 1.79. The van der Waals surface area contributed by atoms with Gasteiger partial charge in [0, 0.05) is 11.3 Å². The van der Waals surface area contributed by atoms with E-state index in [9.17, 15) is 0 Å². The monoisotopic (exact) mass is 189 g/mol. The minimum atomic E-state index is 0.0747. The summed E-state index contributed by atoms with van der Waals surface area (Å²) in [7, 11) is 0. The van der Waals surface area contributed by atoms with Crippen molar-refractivity contribution in [2.45, 2.75) is 26.3 Å². The third-order valence-corrected chi connectivity index (χ3v) is 2.03. The Balaban J connectivity index is 3.61. The van der Waals surface area contributed by atoms with Gasteiger partial charge in [-0.25, -0.2) is 0 Å². The first-order chi connectivity index (χ1) is 4.95. The van der Waals surface area contributed by atoms with E-state index in [1.165, 1.54) is 0 Å². The van der Waals surface area contributed by atoms with E-state index >= 15 is 0 Å². The molecule has 0 unspecified atom stereocenters. The van der Waals surface area contributed by atoms with E-state index in [1.54, 1.807) is 11.8 Å². The number of hydrogen-bond donors (Lipinski definition) is 1. The third-order valence-electron chi connectivity index (χ3n) is 0.809. The number of rotatable bonds is 2. The highest BCUT2D eigenvalue weighted by Crippen LogP contribution is 2.07. The molecule has 0 rings (SSSR count). The zero-order chi connectivity index (χ0) is 8.91. The third kappa shape index (κ3) is 7.88. The van der Waals surface area contributed by atoms with Gasteiger partial charge in [0.05, 0.1) is 0 Å². The highest BCUT2D eigenvalue weighted by atomic mass is 32.2. The molecule has 0 aliphatic rings. The van der Waals surface area contributed by atoms with E-state index in [-0.39, 0.29) is 5.54 Å². The first-order valence-corrected chi connectivity index (χ1v) is 4.91. The van der Waals surface area contributed by atoms with Crippen molar-refractivity contribution in [3.63, 3.8) is 0 Å². The molecular weight excluding hydrogens is 174 g/mol. The second-order valence-corrected chi connectivity index (χ2v) is 4.96. The fourth-order valence-electron chi connectivity index (χ4n) is 0.477. The molecule has 0 saturated heterocycles. The Kier molecular flexibility index (Phi) is 4.77. The lowest BCUT2D eigenvalue weighted by molar-refractivity contribution is 0.519. The molecule has 64 valence electrons. The summed E-state index contributed by atoms with van der Waals surface area (Å²) in [5, 5.41) is 3.20. The molecule has 0 atom stereocenters. The summed E-state index contributed by atoms with van der Waals surface area (Å²) in [5.74, 6) is 0.877. The fraction of sp³-hybridized carbons (Fsp3) is 0.625. The molecule has 0 aromatic heterocycles. The maximum Gasteiger partial charge on any atom is 0.134 e. The van der Waals surface area contributed by atoms with Gasteiger partial charge in [-0.05, 0) is 20.8 Å². The van der Waals surface area contributed by atoms with Gasteiger partial charge in [-0.2, -0.15) is 0 Å². The number of thiocarbonyl (C=S) groups is 1. The fourth-order valence-corrected chi connectivity index (χ4v) is 1.63. The van der Waals surface area contributed by atoms with Crippen molar-refractivity contribution in [2.75, 3.05) is 5.75 Å². The van der Waals surface area contributed by atoms with Crippen LogP contribution in [0.15, 0.2) is 12.7 Å². The smallest absolute Gasteiger partial charge is 0.134 e. The molecule has 0 heterocycles.